The number of aromatic nitrogens is 1. The van der Waals surface area contributed by atoms with Gasteiger partial charge in [0.15, 0.2) is 11.7 Å². The first-order chi connectivity index (χ1) is 13.0. The lowest BCUT2D eigenvalue weighted by molar-refractivity contribution is -0.116. The Morgan fingerprint density at radius 2 is 1.89 bits per heavy atom. The molecule has 1 heterocycles. The predicted molar refractivity (Wildman–Crippen MR) is 108 cm³/mol. The van der Waals surface area contributed by atoms with Gasteiger partial charge in [0.05, 0.1) is 12.2 Å². The molecule has 0 aliphatic carbocycles. The maximum atomic E-state index is 11.6. The van der Waals surface area contributed by atoms with Gasteiger partial charge in [-0.1, -0.05) is 38.1 Å². The third-order valence-corrected chi connectivity index (χ3v) is 4.00. The molecule has 7 heteroatoms. The van der Waals surface area contributed by atoms with Crippen LogP contribution >= 0.6 is 0 Å². The molecule has 0 aliphatic rings. The summed E-state index contributed by atoms with van der Waals surface area (Å²) in [7, 11) is 1.72. The van der Waals surface area contributed by atoms with E-state index < -0.39 is 0 Å². The zero-order valence-electron chi connectivity index (χ0n) is 16.5. The van der Waals surface area contributed by atoms with Crippen molar-refractivity contribution in [2.75, 3.05) is 12.4 Å². The summed E-state index contributed by atoms with van der Waals surface area (Å²) in [5.41, 5.74) is 2.85. The number of amides is 1. The first-order valence-corrected chi connectivity index (χ1v) is 9.30. The Balaban J connectivity index is 1.80. The molecule has 0 fully saturated rings. The lowest BCUT2D eigenvalue weighted by Crippen LogP contribution is -2.36. The van der Waals surface area contributed by atoms with Crippen molar-refractivity contribution in [3.05, 3.63) is 47.3 Å². The van der Waals surface area contributed by atoms with Crippen LogP contribution in [0.1, 0.15) is 56.5 Å². The van der Waals surface area contributed by atoms with E-state index in [9.17, 15) is 4.79 Å². The van der Waals surface area contributed by atoms with Crippen molar-refractivity contribution in [1.82, 2.24) is 15.8 Å². The minimum atomic E-state index is 0.0426. The summed E-state index contributed by atoms with van der Waals surface area (Å²) >= 11 is 0. The second kappa shape index (κ2) is 10.4. The van der Waals surface area contributed by atoms with E-state index >= 15 is 0 Å². The molecule has 0 bridgehead atoms. The zero-order valence-corrected chi connectivity index (χ0v) is 16.5. The summed E-state index contributed by atoms with van der Waals surface area (Å²) in [6, 6.07) is 9.72. The molecule has 0 atom stereocenters. The minimum Gasteiger partial charge on any atom is -0.359 e. The van der Waals surface area contributed by atoms with Gasteiger partial charge < -0.3 is 20.5 Å². The Morgan fingerprint density at radius 1 is 1.19 bits per heavy atom. The fourth-order valence-corrected chi connectivity index (χ4v) is 2.42. The molecule has 1 amide bonds. The SMILES string of the molecule is CCCC(=O)Nc1ccc(CNC(=NC)NCc2cc(C(C)C)no2)cc1. The fourth-order valence-electron chi connectivity index (χ4n) is 2.42. The highest BCUT2D eigenvalue weighted by Crippen LogP contribution is 2.14. The molecular weight excluding hydrogens is 342 g/mol. The van der Waals surface area contributed by atoms with Crippen LogP contribution in [0.25, 0.3) is 0 Å². The summed E-state index contributed by atoms with van der Waals surface area (Å²) in [5.74, 6) is 1.84. The highest BCUT2D eigenvalue weighted by molar-refractivity contribution is 5.90. The molecule has 2 aromatic rings. The van der Waals surface area contributed by atoms with E-state index in [1.54, 1.807) is 7.05 Å². The Morgan fingerprint density at radius 3 is 2.48 bits per heavy atom. The number of nitrogens with one attached hydrogen (secondary N) is 3. The van der Waals surface area contributed by atoms with Crippen LogP contribution in [-0.4, -0.2) is 24.1 Å². The summed E-state index contributed by atoms with van der Waals surface area (Å²) in [5, 5.41) is 13.4. The number of hydrogen-bond acceptors (Lipinski definition) is 4. The van der Waals surface area contributed by atoms with E-state index in [4.69, 9.17) is 4.52 Å². The Kier molecular flexibility index (Phi) is 7.85. The first kappa shape index (κ1) is 20.5. The topological polar surface area (TPSA) is 91.5 Å². The maximum Gasteiger partial charge on any atom is 0.224 e. The summed E-state index contributed by atoms with van der Waals surface area (Å²) < 4.78 is 5.32. The third-order valence-electron chi connectivity index (χ3n) is 4.00. The Labute approximate surface area is 160 Å². The molecule has 27 heavy (non-hydrogen) atoms. The van der Waals surface area contributed by atoms with Crippen molar-refractivity contribution in [2.45, 2.75) is 52.6 Å². The highest BCUT2D eigenvalue weighted by atomic mass is 16.5. The summed E-state index contributed by atoms with van der Waals surface area (Å²) in [6.07, 6.45) is 1.38. The van der Waals surface area contributed by atoms with E-state index in [-0.39, 0.29) is 5.91 Å². The second-order valence-corrected chi connectivity index (χ2v) is 6.65. The maximum absolute atomic E-state index is 11.6. The van der Waals surface area contributed by atoms with Crippen molar-refractivity contribution in [1.29, 1.82) is 0 Å². The number of rotatable bonds is 8. The molecule has 0 spiro atoms. The van der Waals surface area contributed by atoms with Crippen LogP contribution < -0.4 is 16.0 Å². The van der Waals surface area contributed by atoms with Crippen LogP contribution in [0.2, 0.25) is 0 Å². The minimum absolute atomic E-state index is 0.0426. The van der Waals surface area contributed by atoms with Gasteiger partial charge >= 0.3 is 0 Å². The van der Waals surface area contributed by atoms with E-state index in [0.29, 0.717) is 31.4 Å². The van der Waals surface area contributed by atoms with Gasteiger partial charge in [0.1, 0.15) is 0 Å². The van der Waals surface area contributed by atoms with Gasteiger partial charge in [-0.15, -0.1) is 0 Å². The number of carbonyl (C=O) groups is 1. The summed E-state index contributed by atoms with van der Waals surface area (Å²) in [6.45, 7) is 7.28. The number of aliphatic imine (C=N–C) groups is 1. The van der Waals surface area contributed by atoms with Gasteiger partial charge in [0.2, 0.25) is 5.91 Å². The molecule has 0 unspecified atom stereocenters. The van der Waals surface area contributed by atoms with Gasteiger partial charge in [-0.05, 0) is 30.0 Å². The van der Waals surface area contributed by atoms with E-state index in [1.807, 2.05) is 37.3 Å². The number of carbonyl (C=O) groups excluding carboxylic acids is 1. The van der Waals surface area contributed by atoms with Crippen molar-refractivity contribution in [2.24, 2.45) is 4.99 Å². The quantitative estimate of drug-likeness (QED) is 0.489. The summed E-state index contributed by atoms with van der Waals surface area (Å²) in [4.78, 5) is 15.8. The molecule has 7 nitrogen and oxygen atoms in total. The largest absolute Gasteiger partial charge is 0.359 e. The molecule has 0 radical (unpaired) electrons. The molecule has 0 aliphatic heterocycles. The average Bonchev–Trinajstić information content (AvgIpc) is 3.13. The number of nitrogens with zero attached hydrogens (tertiary/aromatic N) is 2. The third kappa shape index (κ3) is 6.77. The number of hydrogen-bond donors (Lipinski definition) is 3. The Hall–Kier alpha value is -2.83. The van der Waals surface area contributed by atoms with Gasteiger partial charge in [-0.3, -0.25) is 9.79 Å². The zero-order chi connectivity index (χ0) is 19.6. The fraction of sp³-hybridized carbons (Fsp3) is 0.450. The van der Waals surface area contributed by atoms with Crippen LogP contribution in [-0.2, 0) is 17.9 Å². The van der Waals surface area contributed by atoms with Gasteiger partial charge in [-0.25, -0.2) is 0 Å². The van der Waals surface area contributed by atoms with Crippen molar-refractivity contribution < 1.29 is 9.32 Å². The molecule has 2 rings (SSSR count). The van der Waals surface area contributed by atoms with Gasteiger partial charge in [0, 0.05) is 31.8 Å². The van der Waals surface area contributed by atoms with Gasteiger partial charge in [-0.2, -0.15) is 0 Å². The van der Waals surface area contributed by atoms with Crippen LogP contribution in [0, 0.1) is 0 Å². The number of guanidine groups is 1. The monoisotopic (exact) mass is 371 g/mol. The van der Waals surface area contributed by atoms with Crippen molar-refractivity contribution >= 4 is 17.6 Å². The molecule has 1 aromatic heterocycles. The smallest absolute Gasteiger partial charge is 0.224 e. The molecule has 1 aromatic carbocycles. The van der Waals surface area contributed by atoms with Crippen LogP contribution in [0.15, 0.2) is 39.8 Å². The standard InChI is InChI=1S/C20H29N5O2/c1-5-6-19(26)24-16-9-7-15(8-10-16)12-22-20(21-4)23-13-17-11-18(14(2)3)25-27-17/h7-11,14H,5-6,12-13H2,1-4H3,(H,24,26)(H2,21,22,23). The number of benzene rings is 1. The first-order valence-electron chi connectivity index (χ1n) is 9.30. The molecule has 146 valence electrons. The van der Waals surface area contributed by atoms with Crippen molar-refractivity contribution in [3.63, 3.8) is 0 Å². The van der Waals surface area contributed by atoms with Gasteiger partial charge in [0.25, 0.3) is 0 Å². The predicted octanol–water partition coefficient (Wildman–Crippen LogP) is 3.40. The van der Waals surface area contributed by atoms with Crippen molar-refractivity contribution in [3.8, 4) is 0 Å². The second-order valence-electron chi connectivity index (χ2n) is 6.65. The molecule has 3 N–H and O–H groups in total. The lowest BCUT2D eigenvalue weighted by Gasteiger charge is -2.11. The number of anilines is 1. The van der Waals surface area contributed by atoms with Crippen LogP contribution in [0.3, 0.4) is 0 Å². The molecular formula is C20H29N5O2. The molecule has 0 saturated carbocycles. The molecule has 0 saturated heterocycles. The average molecular weight is 371 g/mol. The normalized spacial score (nSPS) is 11.5. The van der Waals surface area contributed by atoms with E-state index in [2.05, 4.69) is 39.9 Å². The van der Waals surface area contributed by atoms with Crippen LogP contribution in [0.4, 0.5) is 5.69 Å². The Bertz CT molecular complexity index is 750. The van der Waals surface area contributed by atoms with E-state index in [0.717, 1.165) is 29.1 Å². The van der Waals surface area contributed by atoms with E-state index in [1.165, 1.54) is 0 Å². The van der Waals surface area contributed by atoms with Crippen LogP contribution in [0.5, 0.6) is 0 Å². The highest BCUT2D eigenvalue weighted by Gasteiger charge is 2.08. The lowest BCUT2D eigenvalue weighted by atomic mass is 10.1.